The second-order valence-electron chi connectivity index (χ2n) is 5.92. The molecule has 1 unspecified atom stereocenters. The molecule has 94 valence electrons. The van der Waals surface area contributed by atoms with Crippen molar-refractivity contribution in [3.63, 3.8) is 0 Å². The molecule has 0 spiro atoms. The van der Waals surface area contributed by atoms with Gasteiger partial charge in [-0.3, -0.25) is 0 Å². The predicted molar refractivity (Wildman–Crippen MR) is 74.6 cm³/mol. The van der Waals surface area contributed by atoms with E-state index < -0.39 is 0 Å². The molecule has 1 aliphatic heterocycles. The van der Waals surface area contributed by atoms with Crippen LogP contribution in [0.3, 0.4) is 0 Å². The minimum absolute atomic E-state index is 0.331. The SMILES string of the molecule is Cc1ccc(N(C)C2CCNCC2(C)C)cc1. The lowest BCUT2D eigenvalue weighted by Crippen LogP contribution is -2.53. The Morgan fingerprint density at radius 2 is 1.88 bits per heavy atom. The summed E-state index contributed by atoms with van der Waals surface area (Å²) in [5.74, 6) is 0. The van der Waals surface area contributed by atoms with Crippen LogP contribution >= 0.6 is 0 Å². The average Bonchev–Trinajstić information content (AvgIpc) is 2.28. The molecule has 1 atom stereocenters. The van der Waals surface area contributed by atoms with Crippen molar-refractivity contribution >= 4 is 5.69 Å². The van der Waals surface area contributed by atoms with E-state index in [2.05, 4.69) is 62.3 Å². The fourth-order valence-electron chi connectivity index (χ4n) is 2.84. The van der Waals surface area contributed by atoms with Gasteiger partial charge in [0.05, 0.1) is 0 Å². The van der Waals surface area contributed by atoms with Crippen molar-refractivity contribution in [3.8, 4) is 0 Å². The van der Waals surface area contributed by atoms with Crippen molar-refractivity contribution < 1.29 is 0 Å². The number of rotatable bonds is 2. The van der Waals surface area contributed by atoms with Gasteiger partial charge < -0.3 is 10.2 Å². The minimum atomic E-state index is 0.331. The molecule has 1 saturated heterocycles. The Hall–Kier alpha value is -1.02. The monoisotopic (exact) mass is 232 g/mol. The summed E-state index contributed by atoms with van der Waals surface area (Å²) < 4.78 is 0. The maximum absolute atomic E-state index is 3.49. The highest BCUT2D eigenvalue weighted by atomic mass is 15.2. The van der Waals surface area contributed by atoms with Crippen LogP contribution in [0.1, 0.15) is 25.8 Å². The molecule has 0 aromatic heterocycles. The van der Waals surface area contributed by atoms with E-state index in [0.717, 1.165) is 13.1 Å². The van der Waals surface area contributed by atoms with Crippen molar-refractivity contribution in [1.82, 2.24) is 5.32 Å². The summed E-state index contributed by atoms with van der Waals surface area (Å²) in [6.07, 6.45) is 1.22. The van der Waals surface area contributed by atoms with Crippen LogP contribution in [0.2, 0.25) is 0 Å². The number of benzene rings is 1. The number of aryl methyl sites for hydroxylation is 1. The Labute approximate surface area is 105 Å². The van der Waals surface area contributed by atoms with Gasteiger partial charge in [-0.05, 0) is 37.4 Å². The lowest BCUT2D eigenvalue weighted by molar-refractivity contribution is 0.215. The third kappa shape index (κ3) is 2.63. The van der Waals surface area contributed by atoms with E-state index >= 15 is 0 Å². The third-order valence-electron chi connectivity index (χ3n) is 3.99. The van der Waals surface area contributed by atoms with Crippen molar-refractivity contribution in [1.29, 1.82) is 0 Å². The van der Waals surface area contributed by atoms with Gasteiger partial charge in [-0.25, -0.2) is 0 Å². The molecule has 0 amide bonds. The molecule has 1 heterocycles. The van der Waals surface area contributed by atoms with Crippen LogP contribution in [0.5, 0.6) is 0 Å². The first kappa shape index (κ1) is 12.4. The van der Waals surface area contributed by atoms with Crippen LogP contribution < -0.4 is 10.2 Å². The van der Waals surface area contributed by atoms with Gasteiger partial charge in [-0.2, -0.15) is 0 Å². The number of nitrogens with one attached hydrogen (secondary N) is 1. The minimum Gasteiger partial charge on any atom is -0.371 e. The topological polar surface area (TPSA) is 15.3 Å². The molecule has 0 radical (unpaired) electrons. The van der Waals surface area contributed by atoms with Gasteiger partial charge in [0.1, 0.15) is 0 Å². The van der Waals surface area contributed by atoms with E-state index in [9.17, 15) is 0 Å². The molecular weight excluding hydrogens is 208 g/mol. The molecule has 1 aliphatic rings. The van der Waals surface area contributed by atoms with Crippen molar-refractivity contribution in [3.05, 3.63) is 29.8 Å². The summed E-state index contributed by atoms with van der Waals surface area (Å²) in [7, 11) is 2.22. The summed E-state index contributed by atoms with van der Waals surface area (Å²) in [6, 6.07) is 9.47. The molecule has 2 heteroatoms. The molecule has 17 heavy (non-hydrogen) atoms. The highest BCUT2D eigenvalue weighted by Gasteiger charge is 2.34. The van der Waals surface area contributed by atoms with Crippen LogP contribution in [0.25, 0.3) is 0 Å². The van der Waals surface area contributed by atoms with E-state index in [4.69, 9.17) is 0 Å². The van der Waals surface area contributed by atoms with E-state index in [1.54, 1.807) is 0 Å². The van der Waals surface area contributed by atoms with E-state index in [0.29, 0.717) is 11.5 Å². The first-order valence-electron chi connectivity index (χ1n) is 6.51. The van der Waals surface area contributed by atoms with E-state index in [-0.39, 0.29) is 0 Å². The fraction of sp³-hybridized carbons (Fsp3) is 0.600. The smallest absolute Gasteiger partial charge is 0.0366 e. The number of hydrogen-bond donors (Lipinski definition) is 1. The Kier molecular flexibility index (Phi) is 3.43. The van der Waals surface area contributed by atoms with Crippen molar-refractivity contribution in [2.24, 2.45) is 5.41 Å². The first-order valence-corrected chi connectivity index (χ1v) is 6.51. The second kappa shape index (κ2) is 4.69. The number of nitrogens with zero attached hydrogens (tertiary/aromatic N) is 1. The molecule has 0 saturated carbocycles. The molecule has 0 aliphatic carbocycles. The van der Waals surface area contributed by atoms with Gasteiger partial charge in [-0.15, -0.1) is 0 Å². The predicted octanol–water partition coefficient (Wildman–Crippen LogP) is 2.82. The molecule has 2 nitrogen and oxygen atoms in total. The van der Waals surface area contributed by atoms with E-state index in [1.807, 2.05) is 0 Å². The molecule has 1 N–H and O–H groups in total. The second-order valence-corrected chi connectivity index (χ2v) is 5.92. The number of anilines is 1. The van der Waals surface area contributed by atoms with Gasteiger partial charge in [-0.1, -0.05) is 31.5 Å². The Morgan fingerprint density at radius 3 is 2.47 bits per heavy atom. The zero-order chi connectivity index (χ0) is 12.5. The Morgan fingerprint density at radius 1 is 1.24 bits per heavy atom. The average molecular weight is 232 g/mol. The van der Waals surface area contributed by atoms with Gasteiger partial charge in [0.25, 0.3) is 0 Å². The van der Waals surface area contributed by atoms with Gasteiger partial charge in [0.2, 0.25) is 0 Å². The molecular formula is C15H24N2. The van der Waals surface area contributed by atoms with Gasteiger partial charge in [0.15, 0.2) is 0 Å². The van der Waals surface area contributed by atoms with Crippen LogP contribution in [0.15, 0.2) is 24.3 Å². The maximum Gasteiger partial charge on any atom is 0.0366 e. The molecule has 0 bridgehead atoms. The molecule has 2 rings (SSSR count). The summed E-state index contributed by atoms with van der Waals surface area (Å²) in [6.45, 7) is 9.08. The van der Waals surface area contributed by atoms with Crippen molar-refractivity contribution in [2.75, 3.05) is 25.0 Å². The van der Waals surface area contributed by atoms with Gasteiger partial charge in [0, 0.05) is 25.3 Å². The molecule has 1 fully saturated rings. The largest absolute Gasteiger partial charge is 0.371 e. The van der Waals surface area contributed by atoms with Crippen LogP contribution in [0, 0.1) is 12.3 Å². The Bertz CT molecular complexity index is 367. The highest BCUT2D eigenvalue weighted by Crippen LogP contribution is 2.31. The summed E-state index contributed by atoms with van der Waals surface area (Å²) in [5, 5.41) is 3.49. The number of piperidine rings is 1. The highest BCUT2D eigenvalue weighted by molar-refractivity contribution is 5.48. The third-order valence-corrected chi connectivity index (χ3v) is 3.99. The molecule has 1 aromatic rings. The fourth-order valence-corrected chi connectivity index (χ4v) is 2.84. The zero-order valence-electron chi connectivity index (χ0n) is 11.5. The number of hydrogen-bond acceptors (Lipinski definition) is 2. The lowest BCUT2D eigenvalue weighted by atomic mass is 9.79. The lowest BCUT2D eigenvalue weighted by Gasteiger charge is -2.45. The normalized spacial score (nSPS) is 23.4. The van der Waals surface area contributed by atoms with E-state index in [1.165, 1.54) is 17.7 Å². The molecule has 1 aromatic carbocycles. The Balaban J connectivity index is 2.18. The van der Waals surface area contributed by atoms with Gasteiger partial charge >= 0.3 is 0 Å². The maximum atomic E-state index is 3.49. The van der Waals surface area contributed by atoms with Crippen LogP contribution in [-0.4, -0.2) is 26.2 Å². The zero-order valence-corrected chi connectivity index (χ0v) is 11.5. The summed E-state index contributed by atoms with van der Waals surface area (Å²) in [5.41, 5.74) is 2.99. The standard InChI is InChI=1S/C15H24N2/c1-12-5-7-13(8-6-12)17(4)14-9-10-16-11-15(14,2)3/h5-8,14,16H,9-11H2,1-4H3. The van der Waals surface area contributed by atoms with Crippen molar-refractivity contribution in [2.45, 2.75) is 33.2 Å². The first-order chi connectivity index (χ1) is 8.00. The van der Waals surface area contributed by atoms with Crippen LogP contribution in [0.4, 0.5) is 5.69 Å². The quantitative estimate of drug-likeness (QED) is 0.843. The van der Waals surface area contributed by atoms with Crippen LogP contribution in [-0.2, 0) is 0 Å². The summed E-state index contributed by atoms with van der Waals surface area (Å²) in [4.78, 5) is 2.44. The summed E-state index contributed by atoms with van der Waals surface area (Å²) >= 11 is 0.